The zero-order valence-corrected chi connectivity index (χ0v) is 15.4. The molecular formula is C19H35BO2. The molecule has 3 heteroatoms. The molecule has 2 rings (SSSR count). The van der Waals surface area contributed by atoms with Crippen molar-refractivity contribution in [2.75, 3.05) is 0 Å². The summed E-state index contributed by atoms with van der Waals surface area (Å²) in [5, 5.41) is 10.2. The van der Waals surface area contributed by atoms with Gasteiger partial charge in [-0.1, -0.05) is 71.5 Å². The fourth-order valence-electron chi connectivity index (χ4n) is 5.37. The molecule has 2 nitrogen and oxygen atoms in total. The number of unbranched alkanes of at least 4 members (excludes halogenated alkanes) is 1. The van der Waals surface area contributed by atoms with Gasteiger partial charge in [-0.05, 0) is 36.0 Å². The van der Waals surface area contributed by atoms with Crippen molar-refractivity contribution in [2.45, 2.75) is 90.8 Å². The number of carboxylic acid groups (broad SMARTS) is 1. The van der Waals surface area contributed by atoms with E-state index >= 15 is 0 Å². The molecule has 2 fully saturated rings. The Morgan fingerprint density at radius 1 is 1.27 bits per heavy atom. The van der Waals surface area contributed by atoms with Gasteiger partial charge in [-0.2, -0.15) is 0 Å². The number of carboxylic acids is 1. The number of aliphatic carboxylic acids is 1. The molecule has 4 atom stereocenters. The second kappa shape index (κ2) is 6.21. The van der Waals surface area contributed by atoms with Crippen LogP contribution in [0, 0.1) is 22.7 Å². The van der Waals surface area contributed by atoms with Gasteiger partial charge in [0.15, 0.2) is 0 Å². The van der Waals surface area contributed by atoms with Gasteiger partial charge in [0.25, 0.3) is 0 Å². The maximum atomic E-state index is 12.0. The zero-order chi connectivity index (χ0) is 16.6. The van der Waals surface area contributed by atoms with Gasteiger partial charge in [0.05, 0.1) is 5.92 Å². The first kappa shape index (κ1) is 17.9. The summed E-state index contributed by atoms with van der Waals surface area (Å²) in [7, 11) is 2.35. The fraction of sp³-hybridized carbons (Fsp3) is 0.947. The third-order valence-electron chi connectivity index (χ3n) is 6.86. The van der Waals surface area contributed by atoms with Crippen LogP contribution in [0.1, 0.15) is 85.5 Å². The Hall–Kier alpha value is -0.465. The summed E-state index contributed by atoms with van der Waals surface area (Å²) in [6.07, 6.45) is 10.4. The maximum absolute atomic E-state index is 12.0. The van der Waals surface area contributed by atoms with E-state index in [1.807, 2.05) is 0 Å². The van der Waals surface area contributed by atoms with Gasteiger partial charge in [-0.25, -0.2) is 0 Å². The van der Waals surface area contributed by atoms with E-state index in [0.29, 0.717) is 11.3 Å². The van der Waals surface area contributed by atoms with Crippen molar-refractivity contribution in [1.29, 1.82) is 0 Å². The minimum atomic E-state index is -0.540. The molecule has 2 saturated carbocycles. The monoisotopic (exact) mass is 306 g/mol. The van der Waals surface area contributed by atoms with Crippen LogP contribution in [0.4, 0.5) is 0 Å². The summed E-state index contributed by atoms with van der Waals surface area (Å²) in [5.74, 6) is -0.304. The molecule has 1 N–H and O–H groups in total. The molecule has 0 bridgehead atoms. The fourth-order valence-corrected chi connectivity index (χ4v) is 5.37. The van der Waals surface area contributed by atoms with Gasteiger partial charge in [0.2, 0.25) is 0 Å². The summed E-state index contributed by atoms with van der Waals surface area (Å²) >= 11 is 0. The minimum Gasteiger partial charge on any atom is -0.481 e. The first-order chi connectivity index (χ1) is 10.2. The summed E-state index contributed by atoms with van der Waals surface area (Å²) < 4.78 is 0. The van der Waals surface area contributed by atoms with Crippen molar-refractivity contribution in [1.82, 2.24) is 0 Å². The molecule has 126 valence electrons. The number of carbonyl (C=O) groups is 1. The third kappa shape index (κ3) is 3.38. The Bertz CT molecular complexity index is 416. The van der Waals surface area contributed by atoms with Crippen LogP contribution in [0.3, 0.4) is 0 Å². The predicted octanol–water partition coefficient (Wildman–Crippen LogP) is 4.69. The molecule has 0 aromatic rings. The predicted molar refractivity (Wildman–Crippen MR) is 95.0 cm³/mol. The smallest absolute Gasteiger partial charge is 0.306 e. The lowest BCUT2D eigenvalue weighted by Crippen LogP contribution is -2.37. The van der Waals surface area contributed by atoms with E-state index in [2.05, 4.69) is 35.5 Å². The molecule has 0 spiro atoms. The van der Waals surface area contributed by atoms with Crippen LogP contribution >= 0.6 is 0 Å². The Labute approximate surface area is 137 Å². The topological polar surface area (TPSA) is 37.3 Å². The lowest BCUT2D eigenvalue weighted by atomic mass is 9.56. The van der Waals surface area contributed by atoms with E-state index in [1.54, 1.807) is 0 Å². The quantitative estimate of drug-likeness (QED) is 0.748. The molecule has 0 aromatic carbocycles. The van der Waals surface area contributed by atoms with E-state index < -0.39 is 5.97 Å². The molecule has 0 saturated heterocycles. The highest BCUT2D eigenvalue weighted by molar-refractivity contribution is 6.14. The molecule has 0 aliphatic heterocycles. The van der Waals surface area contributed by atoms with E-state index in [9.17, 15) is 9.90 Å². The highest BCUT2D eigenvalue weighted by Gasteiger charge is 2.66. The van der Waals surface area contributed by atoms with Gasteiger partial charge in [-0.15, -0.1) is 0 Å². The average Bonchev–Trinajstić information content (AvgIpc) is 2.94. The molecule has 22 heavy (non-hydrogen) atoms. The van der Waals surface area contributed by atoms with E-state index in [1.165, 1.54) is 38.5 Å². The largest absolute Gasteiger partial charge is 0.481 e. The number of rotatable bonds is 5. The van der Waals surface area contributed by atoms with Crippen LogP contribution in [0.2, 0.25) is 5.31 Å². The van der Waals surface area contributed by atoms with Crippen molar-refractivity contribution >= 4 is 13.8 Å². The molecule has 0 amide bonds. The zero-order valence-electron chi connectivity index (χ0n) is 15.4. The van der Waals surface area contributed by atoms with Crippen LogP contribution in [0.15, 0.2) is 0 Å². The van der Waals surface area contributed by atoms with E-state index in [-0.39, 0.29) is 16.6 Å². The maximum Gasteiger partial charge on any atom is 0.306 e. The van der Waals surface area contributed by atoms with E-state index in [4.69, 9.17) is 0 Å². The first-order valence-corrected chi connectivity index (χ1v) is 9.38. The normalized spacial score (nSPS) is 41.5. The second-order valence-electron chi connectivity index (χ2n) is 9.49. The molecule has 4 unspecified atom stereocenters. The Morgan fingerprint density at radius 2 is 1.91 bits per heavy atom. The molecule has 2 aliphatic rings. The van der Waals surface area contributed by atoms with Gasteiger partial charge in [0, 0.05) is 0 Å². The van der Waals surface area contributed by atoms with Crippen molar-refractivity contribution < 1.29 is 9.90 Å². The van der Waals surface area contributed by atoms with Gasteiger partial charge in [0.1, 0.15) is 7.85 Å². The lowest BCUT2D eigenvalue weighted by molar-refractivity contribution is -0.146. The molecule has 0 radical (unpaired) electrons. The van der Waals surface area contributed by atoms with Crippen LogP contribution in [0.25, 0.3) is 0 Å². The van der Waals surface area contributed by atoms with Gasteiger partial charge < -0.3 is 5.11 Å². The standard InChI is InChI=1S/C19H35BO2/c1-5-6-11-19(13-17(19,2)3)15-12-18(4,20)10-8-7-9-14(15)16(21)22/h14-15H,5-13,20H2,1-4H3,(H,21,22). The second-order valence-corrected chi connectivity index (χ2v) is 9.49. The van der Waals surface area contributed by atoms with E-state index in [0.717, 1.165) is 19.3 Å². The number of hydrogen-bond acceptors (Lipinski definition) is 1. The molecule has 0 heterocycles. The summed E-state index contributed by atoms with van der Waals surface area (Å²) in [4.78, 5) is 12.0. The minimum absolute atomic E-state index is 0.127. The van der Waals surface area contributed by atoms with Crippen molar-refractivity contribution in [2.24, 2.45) is 22.7 Å². The molecular weight excluding hydrogens is 271 g/mol. The SMILES string of the molecule is BC1(C)CCCCC(C(=O)O)C(C2(CCCC)CC2(C)C)C1. The highest BCUT2D eigenvalue weighted by atomic mass is 16.4. The van der Waals surface area contributed by atoms with Crippen LogP contribution in [-0.2, 0) is 4.79 Å². The highest BCUT2D eigenvalue weighted by Crippen LogP contribution is 2.73. The Balaban J connectivity index is 2.32. The molecule has 2 aliphatic carbocycles. The van der Waals surface area contributed by atoms with Crippen molar-refractivity contribution in [3.63, 3.8) is 0 Å². The van der Waals surface area contributed by atoms with Crippen LogP contribution in [0.5, 0.6) is 0 Å². The van der Waals surface area contributed by atoms with Crippen molar-refractivity contribution in [3.8, 4) is 0 Å². The lowest BCUT2D eigenvalue weighted by Gasteiger charge is -2.42. The van der Waals surface area contributed by atoms with Crippen LogP contribution < -0.4 is 0 Å². The Morgan fingerprint density at radius 3 is 2.41 bits per heavy atom. The average molecular weight is 306 g/mol. The molecule has 0 aromatic heterocycles. The van der Waals surface area contributed by atoms with Gasteiger partial charge in [-0.3, -0.25) is 4.79 Å². The number of hydrogen-bond donors (Lipinski definition) is 1. The summed E-state index contributed by atoms with van der Waals surface area (Å²) in [6.45, 7) is 9.34. The van der Waals surface area contributed by atoms with Crippen LogP contribution in [-0.4, -0.2) is 18.9 Å². The third-order valence-corrected chi connectivity index (χ3v) is 6.86. The van der Waals surface area contributed by atoms with Gasteiger partial charge >= 0.3 is 5.97 Å². The summed E-state index contributed by atoms with van der Waals surface area (Å²) in [5.41, 5.74) is 0.608. The van der Waals surface area contributed by atoms with Crippen molar-refractivity contribution in [3.05, 3.63) is 0 Å². The first-order valence-electron chi connectivity index (χ1n) is 9.38. The Kier molecular flexibility index (Phi) is 5.04. The summed E-state index contributed by atoms with van der Waals surface area (Å²) in [6, 6.07) is 0.